The van der Waals surface area contributed by atoms with Crippen molar-refractivity contribution in [1.82, 2.24) is 9.97 Å². The van der Waals surface area contributed by atoms with Gasteiger partial charge in [-0.1, -0.05) is 6.07 Å². The van der Waals surface area contributed by atoms with Crippen molar-refractivity contribution >= 4 is 11.7 Å². The smallest absolute Gasteiger partial charge is 0.248 e. The number of carbonyl (C=O) groups excluding carboxylic acids is 1. The zero-order chi connectivity index (χ0) is 20.9. The van der Waals surface area contributed by atoms with Crippen molar-refractivity contribution in [2.24, 2.45) is 0 Å². The van der Waals surface area contributed by atoms with Crippen LogP contribution >= 0.6 is 0 Å². The summed E-state index contributed by atoms with van der Waals surface area (Å²) in [6.45, 7) is 3.99. The zero-order valence-electron chi connectivity index (χ0n) is 16.7. The lowest BCUT2D eigenvalue weighted by atomic mass is 9.94. The van der Waals surface area contributed by atoms with Gasteiger partial charge in [-0.2, -0.15) is 0 Å². The molecule has 0 unspecified atom stereocenters. The van der Waals surface area contributed by atoms with E-state index in [1.807, 2.05) is 44.2 Å². The Morgan fingerprint density at radius 3 is 2.63 bits per heavy atom. The molecule has 0 saturated heterocycles. The number of carbonyl (C=O) groups is 1. The number of H-pyrrole nitrogens is 1. The summed E-state index contributed by atoms with van der Waals surface area (Å²) in [5, 5.41) is 3.00. The minimum atomic E-state index is -0.569. The third-order valence-corrected chi connectivity index (χ3v) is 5.71. The maximum absolute atomic E-state index is 13.2. The second kappa shape index (κ2) is 6.73. The van der Waals surface area contributed by atoms with E-state index in [1.165, 1.54) is 6.07 Å². The van der Waals surface area contributed by atoms with Crippen LogP contribution in [0.15, 0.2) is 47.3 Å². The fraction of sp³-hybridized carbons (Fsp3) is 0.261. The molecule has 3 heterocycles. The monoisotopic (exact) mass is 403 g/mol. The van der Waals surface area contributed by atoms with Crippen LogP contribution in [0.5, 0.6) is 11.5 Å². The summed E-state index contributed by atoms with van der Waals surface area (Å²) in [6, 6.07) is 12.7. The van der Waals surface area contributed by atoms with E-state index in [1.54, 1.807) is 6.07 Å². The molecule has 7 heteroatoms. The van der Waals surface area contributed by atoms with Gasteiger partial charge in [0.05, 0.1) is 11.1 Å². The van der Waals surface area contributed by atoms with Crippen LogP contribution < -0.4 is 20.3 Å². The van der Waals surface area contributed by atoms with Crippen molar-refractivity contribution in [3.8, 4) is 22.8 Å². The van der Waals surface area contributed by atoms with Crippen molar-refractivity contribution in [2.45, 2.75) is 32.1 Å². The fourth-order valence-corrected chi connectivity index (χ4v) is 3.93. The number of aryl methyl sites for hydroxylation is 2. The van der Waals surface area contributed by atoms with Crippen LogP contribution in [-0.4, -0.2) is 22.7 Å². The number of benzene rings is 1. The van der Waals surface area contributed by atoms with E-state index in [2.05, 4.69) is 15.3 Å². The largest absolute Gasteiger partial charge is 0.454 e. The summed E-state index contributed by atoms with van der Waals surface area (Å²) in [5.41, 5.74) is 3.43. The normalized spacial score (nSPS) is 15.7. The van der Waals surface area contributed by atoms with Crippen molar-refractivity contribution in [3.05, 3.63) is 69.6 Å². The maximum atomic E-state index is 13.2. The number of nitrogens with one attached hydrogen (secondary N) is 2. The molecule has 0 spiro atoms. The number of hydrogen-bond donors (Lipinski definition) is 2. The first kappa shape index (κ1) is 18.4. The second-order valence-electron chi connectivity index (χ2n) is 7.88. The van der Waals surface area contributed by atoms with Gasteiger partial charge in [-0.25, -0.2) is 4.98 Å². The Morgan fingerprint density at radius 2 is 1.87 bits per heavy atom. The zero-order valence-corrected chi connectivity index (χ0v) is 16.7. The third-order valence-electron chi connectivity index (χ3n) is 5.71. The van der Waals surface area contributed by atoms with E-state index < -0.39 is 5.41 Å². The first-order chi connectivity index (χ1) is 14.4. The second-order valence-corrected chi connectivity index (χ2v) is 7.88. The molecular formula is C23H21N3O4. The van der Waals surface area contributed by atoms with E-state index in [0.717, 1.165) is 35.2 Å². The van der Waals surface area contributed by atoms with E-state index in [4.69, 9.17) is 9.47 Å². The molecule has 2 N–H and O–H groups in total. The Labute approximate surface area is 173 Å². The number of fused-ring (bicyclic) bond motifs is 1. The molecule has 1 saturated carbocycles. The Hall–Kier alpha value is -3.61. The highest BCUT2D eigenvalue weighted by Crippen LogP contribution is 2.51. The summed E-state index contributed by atoms with van der Waals surface area (Å²) >= 11 is 0. The van der Waals surface area contributed by atoms with E-state index in [0.29, 0.717) is 23.0 Å². The summed E-state index contributed by atoms with van der Waals surface area (Å²) in [6.07, 6.45) is 1.55. The molecule has 2 aliphatic rings. The van der Waals surface area contributed by atoms with Crippen molar-refractivity contribution in [2.75, 3.05) is 12.1 Å². The highest BCUT2D eigenvalue weighted by molar-refractivity contribution is 6.01. The third kappa shape index (κ3) is 3.12. The first-order valence-corrected chi connectivity index (χ1v) is 9.85. The predicted molar refractivity (Wildman–Crippen MR) is 112 cm³/mol. The molecule has 1 amide bonds. The molecular weight excluding hydrogens is 382 g/mol. The quantitative estimate of drug-likeness (QED) is 0.696. The van der Waals surface area contributed by atoms with Crippen molar-refractivity contribution in [1.29, 1.82) is 0 Å². The number of rotatable bonds is 4. The number of amides is 1. The fourth-order valence-electron chi connectivity index (χ4n) is 3.93. The molecule has 1 aromatic carbocycles. The van der Waals surface area contributed by atoms with Gasteiger partial charge >= 0.3 is 0 Å². The minimum absolute atomic E-state index is 0.0800. The van der Waals surface area contributed by atoms with Crippen molar-refractivity contribution in [3.63, 3.8) is 0 Å². The lowest BCUT2D eigenvalue weighted by Crippen LogP contribution is -2.28. The van der Waals surface area contributed by atoms with Gasteiger partial charge in [0.25, 0.3) is 0 Å². The molecule has 1 aliphatic heterocycles. The Kier molecular flexibility index (Phi) is 4.13. The Morgan fingerprint density at radius 1 is 1.07 bits per heavy atom. The topological polar surface area (TPSA) is 93.3 Å². The van der Waals surface area contributed by atoms with Gasteiger partial charge in [0.2, 0.25) is 18.3 Å². The van der Waals surface area contributed by atoms with E-state index in [9.17, 15) is 9.59 Å². The highest BCUT2D eigenvalue weighted by Gasteiger charge is 2.51. The molecule has 3 aromatic rings. The molecule has 5 rings (SSSR count). The number of hydrogen-bond acceptors (Lipinski definition) is 5. The number of ether oxygens (including phenoxy) is 2. The summed E-state index contributed by atoms with van der Waals surface area (Å²) in [5.74, 6) is 1.79. The number of anilines is 1. The number of aromatic amines is 1. The lowest BCUT2D eigenvalue weighted by molar-refractivity contribution is -0.118. The van der Waals surface area contributed by atoms with Crippen LogP contribution in [0, 0.1) is 13.8 Å². The highest BCUT2D eigenvalue weighted by atomic mass is 16.7. The van der Waals surface area contributed by atoms with Crippen LogP contribution in [0.25, 0.3) is 11.3 Å². The first-order valence-electron chi connectivity index (χ1n) is 9.85. The average molecular weight is 403 g/mol. The standard InChI is InChI=1S/C23H21N3O4/c1-13-9-17(16-4-6-21(27)24-14(16)2)25-20(10-13)26-22(28)23(7-8-23)15-3-5-18-19(11-15)30-12-29-18/h3-6,9-11H,7-8,12H2,1-2H3,(H,24,27)(H,25,26,28). The van der Waals surface area contributed by atoms with Crippen LogP contribution in [-0.2, 0) is 10.2 Å². The Bertz CT molecular complexity index is 1230. The van der Waals surface area contributed by atoms with Gasteiger partial charge in [-0.15, -0.1) is 0 Å². The van der Waals surface area contributed by atoms with Crippen LogP contribution in [0.4, 0.5) is 5.82 Å². The van der Waals surface area contributed by atoms with Crippen LogP contribution in [0.2, 0.25) is 0 Å². The molecule has 152 valence electrons. The van der Waals surface area contributed by atoms with Crippen LogP contribution in [0.1, 0.15) is 29.7 Å². The predicted octanol–water partition coefficient (Wildman–Crippen LogP) is 3.45. The van der Waals surface area contributed by atoms with Gasteiger partial charge < -0.3 is 19.8 Å². The molecule has 0 radical (unpaired) electrons. The van der Waals surface area contributed by atoms with Gasteiger partial charge in [0, 0.05) is 17.3 Å². The van der Waals surface area contributed by atoms with Gasteiger partial charge in [-0.05, 0) is 68.1 Å². The average Bonchev–Trinajstić information content (AvgIpc) is 3.38. The lowest BCUT2D eigenvalue weighted by Gasteiger charge is -2.17. The number of aromatic nitrogens is 2. The summed E-state index contributed by atoms with van der Waals surface area (Å²) in [4.78, 5) is 32.1. The van der Waals surface area contributed by atoms with E-state index in [-0.39, 0.29) is 18.3 Å². The number of pyridine rings is 2. The molecule has 2 aromatic heterocycles. The van der Waals surface area contributed by atoms with Gasteiger partial charge in [-0.3, -0.25) is 9.59 Å². The van der Waals surface area contributed by atoms with Gasteiger partial charge in [0.15, 0.2) is 11.5 Å². The maximum Gasteiger partial charge on any atom is 0.248 e. The van der Waals surface area contributed by atoms with Gasteiger partial charge in [0.1, 0.15) is 5.82 Å². The molecule has 1 fully saturated rings. The SMILES string of the molecule is Cc1cc(NC(=O)C2(c3ccc4c(c3)OCO4)CC2)nc(-c2ccc(=O)[nH]c2C)c1. The molecule has 1 aliphatic carbocycles. The van der Waals surface area contributed by atoms with Crippen LogP contribution in [0.3, 0.4) is 0 Å². The summed E-state index contributed by atoms with van der Waals surface area (Å²) in [7, 11) is 0. The molecule has 7 nitrogen and oxygen atoms in total. The Balaban J connectivity index is 1.44. The van der Waals surface area contributed by atoms with E-state index >= 15 is 0 Å². The summed E-state index contributed by atoms with van der Waals surface area (Å²) < 4.78 is 10.8. The minimum Gasteiger partial charge on any atom is -0.454 e. The molecule has 0 atom stereocenters. The van der Waals surface area contributed by atoms with Crippen molar-refractivity contribution < 1.29 is 14.3 Å². The molecule has 30 heavy (non-hydrogen) atoms. The number of nitrogens with zero attached hydrogens (tertiary/aromatic N) is 1. The molecule has 0 bridgehead atoms.